The van der Waals surface area contributed by atoms with Crippen LogP contribution in [0, 0.1) is 0 Å². The highest BCUT2D eigenvalue weighted by Crippen LogP contribution is 2.23. The van der Waals surface area contributed by atoms with E-state index in [0.29, 0.717) is 0 Å². The molecule has 128 valence electrons. The molecule has 6 heteroatoms. The molecule has 1 saturated heterocycles. The second-order valence-corrected chi connectivity index (χ2v) is 7.81. The van der Waals surface area contributed by atoms with E-state index in [9.17, 15) is 0 Å². The van der Waals surface area contributed by atoms with Gasteiger partial charge >= 0.3 is 0 Å². The van der Waals surface area contributed by atoms with Crippen LogP contribution in [-0.2, 0) is 25.9 Å². The minimum absolute atomic E-state index is 0.984. The molecular weight excluding hydrogens is 366 g/mol. The zero-order valence-electron chi connectivity index (χ0n) is 14.0. The predicted molar refractivity (Wildman–Crippen MR) is 97.7 cm³/mol. The van der Waals surface area contributed by atoms with Crippen molar-refractivity contribution in [2.45, 2.75) is 38.8 Å². The molecule has 2 aromatic rings. The smallest absolute Gasteiger partial charge is 0.0797 e. The van der Waals surface area contributed by atoms with Gasteiger partial charge in [0.25, 0.3) is 0 Å². The number of pyridine rings is 1. The lowest BCUT2D eigenvalue weighted by atomic mass is 9.96. The van der Waals surface area contributed by atoms with Gasteiger partial charge in [0.05, 0.1) is 5.69 Å². The van der Waals surface area contributed by atoms with Crippen LogP contribution in [-0.4, -0.2) is 51.2 Å². The van der Waals surface area contributed by atoms with Gasteiger partial charge in [-0.25, -0.2) is 0 Å². The Bertz CT molecular complexity index is 690. The minimum atomic E-state index is 0.984. The molecule has 0 aromatic carbocycles. The van der Waals surface area contributed by atoms with E-state index in [2.05, 4.69) is 47.0 Å². The van der Waals surface area contributed by atoms with Crippen molar-refractivity contribution in [3.05, 3.63) is 45.4 Å². The summed E-state index contributed by atoms with van der Waals surface area (Å²) in [5.74, 6) is 0. The third-order valence-electron chi connectivity index (χ3n) is 5.15. The number of nitrogens with one attached hydrogen (secondary N) is 1. The first-order chi connectivity index (χ1) is 11.8. The van der Waals surface area contributed by atoms with Gasteiger partial charge in [0.15, 0.2) is 0 Å². The lowest BCUT2D eigenvalue weighted by Gasteiger charge is -2.34. The van der Waals surface area contributed by atoms with E-state index < -0.39 is 0 Å². The summed E-state index contributed by atoms with van der Waals surface area (Å²) < 4.78 is 1.06. The Balaban J connectivity index is 1.31. The van der Waals surface area contributed by atoms with Crippen LogP contribution in [0.25, 0.3) is 0 Å². The lowest BCUT2D eigenvalue weighted by molar-refractivity contribution is 0.120. The Morgan fingerprint density at radius 1 is 1.00 bits per heavy atom. The molecule has 0 unspecified atom stereocenters. The predicted octanol–water partition coefficient (Wildman–Crippen LogP) is 2.76. The topological polar surface area (TPSA) is 48.1 Å². The summed E-state index contributed by atoms with van der Waals surface area (Å²) in [5.41, 5.74) is 5.45. The standard InChI is InChI=1S/C18H24BrN5/c19-15-9-14(10-20-11-15)12-23-5-7-24(8-6-23)13-18-16-3-1-2-4-17(16)21-22-18/h9-11H,1-8,12-13H2,(H,21,22). The first-order valence-corrected chi connectivity index (χ1v) is 9.66. The van der Waals surface area contributed by atoms with Gasteiger partial charge in [0.2, 0.25) is 0 Å². The normalized spacial score (nSPS) is 19.4. The van der Waals surface area contributed by atoms with Gasteiger partial charge in [-0.15, -0.1) is 0 Å². The number of hydrogen-bond acceptors (Lipinski definition) is 4. The fourth-order valence-corrected chi connectivity index (χ4v) is 4.21. The molecule has 1 N–H and O–H groups in total. The summed E-state index contributed by atoms with van der Waals surface area (Å²) >= 11 is 3.50. The Kier molecular flexibility index (Phi) is 4.96. The number of piperazine rings is 1. The minimum Gasteiger partial charge on any atom is -0.296 e. The van der Waals surface area contributed by atoms with Gasteiger partial charge in [0, 0.05) is 61.8 Å². The van der Waals surface area contributed by atoms with E-state index in [4.69, 9.17) is 0 Å². The van der Waals surface area contributed by atoms with Crippen LogP contribution in [0.5, 0.6) is 0 Å². The maximum absolute atomic E-state index is 4.59. The summed E-state index contributed by atoms with van der Waals surface area (Å²) in [6.45, 7) is 6.43. The molecule has 1 aliphatic carbocycles. The molecule has 2 aromatic heterocycles. The van der Waals surface area contributed by atoms with Crippen molar-refractivity contribution >= 4 is 15.9 Å². The lowest BCUT2D eigenvalue weighted by Crippen LogP contribution is -2.45. The van der Waals surface area contributed by atoms with Gasteiger partial charge in [-0.05, 0) is 58.8 Å². The van der Waals surface area contributed by atoms with Gasteiger partial charge in [-0.2, -0.15) is 5.10 Å². The van der Waals surface area contributed by atoms with Crippen LogP contribution in [0.3, 0.4) is 0 Å². The van der Waals surface area contributed by atoms with E-state index in [-0.39, 0.29) is 0 Å². The Labute approximate surface area is 151 Å². The molecule has 3 heterocycles. The third-order valence-corrected chi connectivity index (χ3v) is 5.58. The summed E-state index contributed by atoms with van der Waals surface area (Å²) in [6, 6.07) is 2.16. The van der Waals surface area contributed by atoms with E-state index in [1.165, 1.54) is 48.2 Å². The molecule has 0 bridgehead atoms. The Hall–Kier alpha value is -1.24. The highest BCUT2D eigenvalue weighted by molar-refractivity contribution is 9.10. The number of aryl methyl sites for hydroxylation is 1. The Morgan fingerprint density at radius 3 is 2.54 bits per heavy atom. The van der Waals surface area contributed by atoms with Crippen molar-refractivity contribution in [3.63, 3.8) is 0 Å². The van der Waals surface area contributed by atoms with Crippen molar-refractivity contribution in [2.24, 2.45) is 0 Å². The molecule has 0 atom stereocenters. The molecule has 0 radical (unpaired) electrons. The molecule has 5 nitrogen and oxygen atoms in total. The maximum Gasteiger partial charge on any atom is 0.0797 e. The van der Waals surface area contributed by atoms with E-state index in [1.54, 1.807) is 0 Å². The first-order valence-electron chi connectivity index (χ1n) is 8.87. The largest absolute Gasteiger partial charge is 0.296 e. The zero-order chi connectivity index (χ0) is 16.4. The van der Waals surface area contributed by atoms with Crippen LogP contribution in [0.4, 0.5) is 0 Å². The van der Waals surface area contributed by atoms with Crippen LogP contribution < -0.4 is 0 Å². The number of nitrogens with zero attached hydrogens (tertiary/aromatic N) is 4. The van der Waals surface area contributed by atoms with Gasteiger partial charge in [-0.3, -0.25) is 19.9 Å². The number of aromatic nitrogens is 3. The second kappa shape index (κ2) is 7.33. The zero-order valence-corrected chi connectivity index (χ0v) is 15.6. The van der Waals surface area contributed by atoms with Gasteiger partial charge in [-0.1, -0.05) is 0 Å². The Morgan fingerprint density at radius 2 is 1.75 bits per heavy atom. The highest BCUT2D eigenvalue weighted by Gasteiger charge is 2.21. The maximum atomic E-state index is 4.59. The van der Waals surface area contributed by atoms with Crippen LogP contribution in [0.1, 0.15) is 35.4 Å². The molecule has 0 spiro atoms. The number of aromatic amines is 1. The van der Waals surface area contributed by atoms with Crippen LogP contribution in [0.15, 0.2) is 22.9 Å². The number of H-pyrrole nitrogens is 1. The fourth-order valence-electron chi connectivity index (χ4n) is 3.80. The average molecular weight is 390 g/mol. The molecule has 0 amide bonds. The monoisotopic (exact) mass is 389 g/mol. The van der Waals surface area contributed by atoms with Crippen LogP contribution in [0.2, 0.25) is 0 Å². The quantitative estimate of drug-likeness (QED) is 0.872. The summed E-state index contributed by atoms with van der Waals surface area (Å²) in [7, 11) is 0. The first kappa shape index (κ1) is 16.2. The van der Waals surface area contributed by atoms with E-state index >= 15 is 0 Å². The van der Waals surface area contributed by atoms with Crippen molar-refractivity contribution in [2.75, 3.05) is 26.2 Å². The van der Waals surface area contributed by atoms with Gasteiger partial charge < -0.3 is 0 Å². The fraction of sp³-hybridized carbons (Fsp3) is 0.556. The summed E-state index contributed by atoms with van der Waals surface area (Å²) in [5, 5.41) is 7.86. The van der Waals surface area contributed by atoms with Crippen molar-refractivity contribution in [1.82, 2.24) is 25.0 Å². The number of rotatable bonds is 4. The van der Waals surface area contributed by atoms with Crippen LogP contribution >= 0.6 is 15.9 Å². The molecule has 2 aliphatic rings. The van der Waals surface area contributed by atoms with Crippen molar-refractivity contribution in [3.8, 4) is 0 Å². The van der Waals surface area contributed by atoms with Crippen molar-refractivity contribution < 1.29 is 0 Å². The number of fused-ring (bicyclic) bond motifs is 1. The van der Waals surface area contributed by atoms with Gasteiger partial charge in [0.1, 0.15) is 0 Å². The second-order valence-electron chi connectivity index (χ2n) is 6.90. The average Bonchev–Trinajstić information content (AvgIpc) is 3.00. The molecule has 24 heavy (non-hydrogen) atoms. The third kappa shape index (κ3) is 3.71. The SMILES string of the molecule is Brc1cncc(CN2CCN(Cc3n[nH]c4c3CCCC4)CC2)c1. The molecule has 4 rings (SSSR count). The summed E-state index contributed by atoms with van der Waals surface area (Å²) in [4.78, 5) is 9.32. The molecule has 1 aliphatic heterocycles. The number of halogens is 1. The van der Waals surface area contributed by atoms with E-state index in [0.717, 1.165) is 43.7 Å². The molecule has 0 saturated carbocycles. The summed E-state index contributed by atoms with van der Waals surface area (Å²) in [6.07, 6.45) is 8.80. The number of hydrogen-bond donors (Lipinski definition) is 1. The molecular formula is C18H24BrN5. The highest BCUT2D eigenvalue weighted by atomic mass is 79.9. The van der Waals surface area contributed by atoms with E-state index in [1.807, 2.05) is 12.4 Å². The van der Waals surface area contributed by atoms with Crippen molar-refractivity contribution in [1.29, 1.82) is 0 Å². The molecule has 1 fully saturated rings.